The monoisotopic (exact) mass is 332 g/mol. The molecule has 0 saturated heterocycles. The molecule has 0 radical (unpaired) electrons. The van der Waals surface area contributed by atoms with Crippen molar-refractivity contribution < 1.29 is 9.53 Å². The molecule has 0 aliphatic rings. The minimum absolute atomic E-state index is 0.173. The Morgan fingerprint density at radius 2 is 1.88 bits per heavy atom. The summed E-state index contributed by atoms with van der Waals surface area (Å²) in [4.78, 5) is 24.3. The molecular formula is C18H12N4O3. The van der Waals surface area contributed by atoms with Crippen LogP contribution in [0.4, 0.5) is 0 Å². The molecule has 0 amide bonds. The summed E-state index contributed by atoms with van der Waals surface area (Å²) in [5.41, 5.74) is 0.548. The highest BCUT2D eigenvalue weighted by atomic mass is 16.5. The number of carbonyl (C=O) groups excluding carboxylic acids is 1. The summed E-state index contributed by atoms with van der Waals surface area (Å²) in [6, 6.07) is 17.4. The molecule has 3 rings (SSSR count). The van der Waals surface area contributed by atoms with Crippen molar-refractivity contribution in [2.45, 2.75) is 6.73 Å². The van der Waals surface area contributed by atoms with Crippen molar-refractivity contribution in [3.63, 3.8) is 0 Å². The number of ether oxygens (including phenoxy) is 1. The molecule has 3 aromatic rings. The second kappa shape index (κ2) is 7.19. The molecule has 2 aromatic carbocycles. The van der Waals surface area contributed by atoms with Gasteiger partial charge in [-0.3, -0.25) is 4.79 Å². The number of esters is 1. The molecule has 0 unspecified atom stereocenters. The van der Waals surface area contributed by atoms with E-state index in [9.17, 15) is 9.59 Å². The van der Waals surface area contributed by atoms with Gasteiger partial charge in [0, 0.05) is 0 Å². The van der Waals surface area contributed by atoms with E-state index in [0.29, 0.717) is 16.5 Å². The van der Waals surface area contributed by atoms with Crippen LogP contribution < -0.4 is 5.56 Å². The SMILES string of the molecule is N#C/C(=C/c1ccccc1)C(=O)OCn1nnc2ccccc2c1=O. The summed E-state index contributed by atoms with van der Waals surface area (Å²) in [6.45, 7) is -0.427. The quantitative estimate of drug-likeness (QED) is 0.411. The van der Waals surface area contributed by atoms with Crippen LogP contribution in [0.3, 0.4) is 0 Å². The predicted octanol–water partition coefficient (Wildman–Crippen LogP) is 1.90. The van der Waals surface area contributed by atoms with Crippen molar-refractivity contribution in [2.24, 2.45) is 0 Å². The fourth-order valence-corrected chi connectivity index (χ4v) is 2.16. The van der Waals surface area contributed by atoms with E-state index in [-0.39, 0.29) is 5.57 Å². The van der Waals surface area contributed by atoms with Crippen LogP contribution in [0.15, 0.2) is 65.0 Å². The van der Waals surface area contributed by atoms with Crippen molar-refractivity contribution in [3.8, 4) is 6.07 Å². The zero-order chi connectivity index (χ0) is 17.6. The van der Waals surface area contributed by atoms with Gasteiger partial charge in [0.15, 0.2) is 6.73 Å². The second-order valence-corrected chi connectivity index (χ2v) is 5.05. The topological polar surface area (TPSA) is 97.9 Å². The summed E-state index contributed by atoms with van der Waals surface area (Å²) in [5.74, 6) is -0.840. The first kappa shape index (κ1) is 16.1. The molecule has 1 aromatic heterocycles. The third-order valence-corrected chi connectivity index (χ3v) is 3.40. The second-order valence-electron chi connectivity index (χ2n) is 5.05. The van der Waals surface area contributed by atoms with Gasteiger partial charge in [-0.15, -0.1) is 5.10 Å². The molecule has 0 N–H and O–H groups in total. The van der Waals surface area contributed by atoms with E-state index in [1.807, 2.05) is 6.07 Å². The molecule has 1 heterocycles. The average molecular weight is 332 g/mol. The van der Waals surface area contributed by atoms with Gasteiger partial charge in [0.1, 0.15) is 17.2 Å². The summed E-state index contributed by atoms with van der Waals surface area (Å²) in [7, 11) is 0. The Kier molecular flexibility index (Phi) is 4.62. The van der Waals surface area contributed by atoms with Gasteiger partial charge >= 0.3 is 5.97 Å². The summed E-state index contributed by atoms with van der Waals surface area (Å²) >= 11 is 0. The van der Waals surface area contributed by atoms with Crippen molar-refractivity contribution >= 4 is 22.9 Å². The Labute approximate surface area is 142 Å². The maximum Gasteiger partial charge on any atom is 0.350 e. The number of nitriles is 1. The standard InChI is InChI=1S/C18H12N4O3/c19-11-14(10-13-6-2-1-3-7-13)18(24)25-12-22-17(23)15-8-4-5-9-16(15)20-21-22/h1-10H,12H2/b14-10-. The molecular weight excluding hydrogens is 320 g/mol. The zero-order valence-corrected chi connectivity index (χ0v) is 13.0. The summed E-state index contributed by atoms with van der Waals surface area (Å²) in [6.07, 6.45) is 1.41. The van der Waals surface area contributed by atoms with E-state index in [4.69, 9.17) is 10.00 Å². The number of benzene rings is 2. The Morgan fingerprint density at radius 3 is 2.64 bits per heavy atom. The van der Waals surface area contributed by atoms with Gasteiger partial charge in [0.2, 0.25) is 0 Å². The number of fused-ring (bicyclic) bond motifs is 1. The molecule has 7 nitrogen and oxygen atoms in total. The number of carbonyl (C=O) groups is 1. The minimum atomic E-state index is -0.840. The minimum Gasteiger partial charge on any atom is -0.438 e. The molecule has 0 aliphatic carbocycles. The average Bonchev–Trinajstić information content (AvgIpc) is 2.66. The molecule has 7 heteroatoms. The smallest absolute Gasteiger partial charge is 0.350 e. The van der Waals surface area contributed by atoms with E-state index >= 15 is 0 Å². The number of aromatic nitrogens is 3. The summed E-state index contributed by atoms with van der Waals surface area (Å²) in [5, 5.41) is 17.1. The molecule has 122 valence electrons. The van der Waals surface area contributed by atoms with Crippen LogP contribution in [0, 0.1) is 11.3 Å². The van der Waals surface area contributed by atoms with Crippen molar-refractivity contribution in [3.05, 3.63) is 76.1 Å². The van der Waals surface area contributed by atoms with Crippen LogP contribution in [-0.4, -0.2) is 21.0 Å². The van der Waals surface area contributed by atoms with E-state index in [1.165, 1.54) is 6.08 Å². The van der Waals surface area contributed by atoms with Gasteiger partial charge in [-0.25, -0.2) is 4.79 Å². The van der Waals surface area contributed by atoms with E-state index in [2.05, 4.69) is 10.3 Å². The van der Waals surface area contributed by atoms with Crippen LogP contribution in [-0.2, 0) is 16.3 Å². The fraction of sp³-hybridized carbons (Fsp3) is 0.0556. The van der Waals surface area contributed by atoms with E-state index in [1.54, 1.807) is 54.6 Å². The van der Waals surface area contributed by atoms with Gasteiger partial charge in [-0.05, 0) is 23.8 Å². The first-order valence-corrected chi connectivity index (χ1v) is 7.35. The van der Waals surface area contributed by atoms with Crippen molar-refractivity contribution in [1.29, 1.82) is 5.26 Å². The number of nitrogens with zero attached hydrogens (tertiary/aromatic N) is 4. The Morgan fingerprint density at radius 1 is 1.16 bits per heavy atom. The third kappa shape index (κ3) is 3.59. The lowest BCUT2D eigenvalue weighted by atomic mass is 10.1. The van der Waals surface area contributed by atoms with Crippen LogP contribution in [0.1, 0.15) is 5.56 Å². The maximum atomic E-state index is 12.3. The Bertz CT molecular complexity index is 1050. The van der Waals surface area contributed by atoms with Crippen LogP contribution >= 0.6 is 0 Å². The molecule has 25 heavy (non-hydrogen) atoms. The van der Waals surface area contributed by atoms with E-state index in [0.717, 1.165) is 4.68 Å². The zero-order valence-electron chi connectivity index (χ0n) is 13.0. The molecule has 0 bridgehead atoms. The highest BCUT2D eigenvalue weighted by Crippen LogP contribution is 2.08. The Balaban J connectivity index is 1.78. The highest BCUT2D eigenvalue weighted by molar-refractivity contribution is 5.97. The molecule has 0 aliphatic heterocycles. The van der Waals surface area contributed by atoms with Gasteiger partial charge < -0.3 is 4.74 Å². The normalized spacial score (nSPS) is 11.1. The van der Waals surface area contributed by atoms with Crippen molar-refractivity contribution in [1.82, 2.24) is 15.0 Å². The predicted molar refractivity (Wildman–Crippen MR) is 89.9 cm³/mol. The number of hydrogen-bond donors (Lipinski definition) is 0. The lowest BCUT2D eigenvalue weighted by Crippen LogP contribution is -2.26. The van der Waals surface area contributed by atoms with Crippen LogP contribution in [0.25, 0.3) is 17.0 Å². The van der Waals surface area contributed by atoms with Gasteiger partial charge in [-0.2, -0.15) is 9.94 Å². The van der Waals surface area contributed by atoms with Gasteiger partial charge in [0.25, 0.3) is 5.56 Å². The van der Waals surface area contributed by atoms with E-state index < -0.39 is 18.3 Å². The Hall–Kier alpha value is -3.79. The molecule has 0 saturated carbocycles. The van der Waals surface area contributed by atoms with Gasteiger partial charge in [0.05, 0.1) is 5.39 Å². The lowest BCUT2D eigenvalue weighted by Gasteiger charge is -2.06. The van der Waals surface area contributed by atoms with Gasteiger partial charge in [-0.1, -0.05) is 47.7 Å². The highest BCUT2D eigenvalue weighted by Gasteiger charge is 2.12. The molecule has 0 fully saturated rings. The first-order chi connectivity index (χ1) is 12.2. The molecule has 0 spiro atoms. The van der Waals surface area contributed by atoms with Crippen molar-refractivity contribution in [2.75, 3.05) is 0 Å². The fourth-order valence-electron chi connectivity index (χ4n) is 2.16. The number of hydrogen-bond acceptors (Lipinski definition) is 6. The largest absolute Gasteiger partial charge is 0.438 e. The van der Waals surface area contributed by atoms with Crippen LogP contribution in [0.2, 0.25) is 0 Å². The third-order valence-electron chi connectivity index (χ3n) is 3.40. The first-order valence-electron chi connectivity index (χ1n) is 7.35. The number of rotatable bonds is 4. The van der Waals surface area contributed by atoms with Crippen LogP contribution in [0.5, 0.6) is 0 Å². The maximum absolute atomic E-state index is 12.3. The lowest BCUT2D eigenvalue weighted by molar-refractivity contribution is -0.142. The molecule has 0 atom stereocenters. The summed E-state index contributed by atoms with van der Waals surface area (Å²) < 4.78 is 5.94.